The van der Waals surface area contributed by atoms with Crippen LogP contribution in [0.15, 0.2) is 23.1 Å². The lowest BCUT2D eigenvalue weighted by molar-refractivity contribution is 0.234. The fourth-order valence-corrected chi connectivity index (χ4v) is 1.67. The Morgan fingerprint density at radius 2 is 1.86 bits per heavy atom. The highest BCUT2D eigenvalue weighted by Gasteiger charge is 2.29. The van der Waals surface area contributed by atoms with Gasteiger partial charge in [0.05, 0.1) is 0 Å². The third-order valence-corrected chi connectivity index (χ3v) is 2.89. The molecule has 0 spiro atoms. The van der Waals surface area contributed by atoms with Gasteiger partial charge in [-0.15, -0.1) is 0 Å². The zero-order valence-corrected chi connectivity index (χ0v) is 7.56. The maximum Gasteiger partial charge on any atom is 0.341 e. The van der Waals surface area contributed by atoms with E-state index in [1.165, 1.54) is 0 Å². The van der Waals surface area contributed by atoms with Gasteiger partial charge in [-0.05, 0) is 18.2 Å². The molecule has 2 N–H and O–H groups in total. The first-order chi connectivity index (χ1) is 6.35. The second-order valence-electron chi connectivity index (χ2n) is 2.50. The highest BCUT2D eigenvalue weighted by Crippen LogP contribution is 2.23. The molecule has 14 heavy (non-hydrogen) atoms. The average Bonchev–Trinajstić information content (AvgIpc) is 2.08. The molecular formula is C7H6F3NO2S. The molecule has 0 heterocycles. The van der Waals surface area contributed by atoms with E-state index in [0.717, 1.165) is 12.1 Å². The predicted molar refractivity (Wildman–Crippen MR) is 44.0 cm³/mol. The van der Waals surface area contributed by atoms with Crippen molar-refractivity contribution in [3.8, 4) is 0 Å². The first-order valence-electron chi connectivity index (χ1n) is 3.43. The molecule has 7 heteroatoms. The fraction of sp³-hybridized carbons (Fsp3) is 0.143. The maximum absolute atomic E-state index is 12.9. The Hall–Kier alpha value is -1.24. The summed E-state index contributed by atoms with van der Waals surface area (Å²) >= 11 is 0. The van der Waals surface area contributed by atoms with Gasteiger partial charge in [-0.1, -0.05) is 0 Å². The number of hydrogen-bond donors (Lipinski definition) is 1. The quantitative estimate of drug-likeness (QED) is 0.774. The SMILES string of the molecule is Nc1ccc(F)c(S(=O)(=O)C(F)F)c1. The Balaban J connectivity index is 3.40. The van der Waals surface area contributed by atoms with E-state index in [9.17, 15) is 21.6 Å². The van der Waals surface area contributed by atoms with E-state index < -0.39 is 26.3 Å². The molecule has 78 valence electrons. The van der Waals surface area contributed by atoms with Crippen LogP contribution in [0.3, 0.4) is 0 Å². The summed E-state index contributed by atoms with van der Waals surface area (Å²) in [6.45, 7) is 0. The Bertz CT molecular complexity index is 444. The van der Waals surface area contributed by atoms with Crippen molar-refractivity contribution in [1.29, 1.82) is 0 Å². The highest BCUT2D eigenvalue weighted by molar-refractivity contribution is 7.91. The van der Waals surface area contributed by atoms with Crippen LogP contribution in [0.2, 0.25) is 0 Å². The Kier molecular flexibility index (Phi) is 2.70. The normalized spacial score (nSPS) is 12.0. The van der Waals surface area contributed by atoms with Crippen molar-refractivity contribution in [3.05, 3.63) is 24.0 Å². The molecule has 0 fully saturated rings. The van der Waals surface area contributed by atoms with Gasteiger partial charge in [-0.3, -0.25) is 0 Å². The lowest BCUT2D eigenvalue weighted by Gasteiger charge is -2.04. The second-order valence-corrected chi connectivity index (χ2v) is 4.38. The first kappa shape index (κ1) is 10.8. The Labute approximate surface area is 78.3 Å². The number of nitrogens with two attached hydrogens (primary N) is 1. The summed E-state index contributed by atoms with van der Waals surface area (Å²) in [5, 5.41) is 0. The fourth-order valence-electron chi connectivity index (χ4n) is 0.834. The first-order valence-corrected chi connectivity index (χ1v) is 4.97. The van der Waals surface area contributed by atoms with E-state index in [1.54, 1.807) is 0 Å². The van der Waals surface area contributed by atoms with Crippen molar-refractivity contribution >= 4 is 15.5 Å². The average molecular weight is 225 g/mol. The van der Waals surface area contributed by atoms with Gasteiger partial charge in [0.1, 0.15) is 10.7 Å². The topological polar surface area (TPSA) is 60.2 Å². The standard InChI is InChI=1S/C7H6F3NO2S/c8-5-2-1-4(11)3-6(5)14(12,13)7(9)10/h1-3,7H,11H2. The summed E-state index contributed by atoms with van der Waals surface area (Å²) in [5.41, 5.74) is 5.06. The van der Waals surface area contributed by atoms with E-state index in [1.807, 2.05) is 0 Å². The van der Waals surface area contributed by atoms with Crippen molar-refractivity contribution < 1.29 is 21.6 Å². The number of sulfone groups is 1. The van der Waals surface area contributed by atoms with E-state index in [4.69, 9.17) is 5.73 Å². The maximum atomic E-state index is 12.9. The second kappa shape index (κ2) is 3.49. The zero-order valence-electron chi connectivity index (χ0n) is 6.75. The van der Waals surface area contributed by atoms with Gasteiger partial charge >= 0.3 is 5.76 Å². The number of anilines is 1. The molecule has 3 nitrogen and oxygen atoms in total. The van der Waals surface area contributed by atoms with Crippen LogP contribution in [0.5, 0.6) is 0 Å². The van der Waals surface area contributed by atoms with Gasteiger partial charge in [-0.25, -0.2) is 12.8 Å². The zero-order chi connectivity index (χ0) is 10.9. The summed E-state index contributed by atoms with van der Waals surface area (Å²) in [6, 6.07) is 2.47. The van der Waals surface area contributed by atoms with Gasteiger partial charge in [0.15, 0.2) is 0 Å². The molecule has 0 aliphatic carbocycles. The van der Waals surface area contributed by atoms with Gasteiger partial charge in [0, 0.05) is 5.69 Å². The predicted octanol–water partition coefficient (Wildman–Crippen LogP) is 1.40. The largest absolute Gasteiger partial charge is 0.399 e. The molecule has 0 saturated heterocycles. The number of nitrogen functional groups attached to an aromatic ring is 1. The van der Waals surface area contributed by atoms with Gasteiger partial charge < -0.3 is 5.73 Å². The number of halogens is 3. The van der Waals surface area contributed by atoms with Crippen LogP contribution in [0, 0.1) is 5.82 Å². The van der Waals surface area contributed by atoms with Crippen LogP contribution in [-0.4, -0.2) is 14.2 Å². The Morgan fingerprint density at radius 1 is 1.29 bits per heavy atom. The number of rotatable bonds is 2. The lowest BCUT2D eigenvalue weighted by Crippen LogP contribution is -2.13. The van der Waals surface area contributed by atoms with Crippen LogP contribution >= 0.6 is 0 Å². The number of hydrogen-bond acceptors (Lipinski definition) is 3. The van der Waals surface area contributed by atoms with Crippen LogP contribution < -0.4 is 5.73 Å². The molecule has 1 rings (SSSR count). The molecule has 0 aliphatic heterocycles. The van der Waals surface area contributed by atoms with Gasteiger partial charge in [0.2, 0.25) is 9.84 Å². The van der Waals surface area contributed by atoms with Crippen LogP contribution in [0.4, 0.5) is 18.9 Å². The summed E-state index contributed by atoms with van der Waals surface area (Å²) < 4.78 is 58.6. The molecule has 0 amide bonds. The third-order valence-electron chi connectivity index (χ3n) is 1.50. The van der Waals surface area contributed by atoms with Gasteiger partial charge in [-0.2, -0.15) is 8.78 Å². The molecule has 0 bridgehead atoms. The molecular weight excluding hydrogens is 219 g/mol. The van der Waals surface area contributed by atoms with E-state index in [-0.39, 0.29) is 5.69 Å². The molecule has 1 aromatic carbocycles. The smallest absolute Gasteiger partial charge is 0.341 e. The van der Waals surface area contributed by atoms with E-state index in [0.29, 0.717) is 6.07 Å². The minimum Gasteiger partial charge on any atom is -0.399 e. The van der Waals surface area contributed by atoms with E-state index >= 15 is 0 Å². The molecule has 0 atom stereocenters. The van der Waals surface area contributed by atoms with Gasteiger partial charge in [0.25, 0.3) is 0 Å². The summed E-state index contributed by atoms with van der Waals surface area (Å²) in [7, 11) is -4.92. The lowest BCUT2D eigenvalue weighted by atomic mass is 10.3. The monoisotopic (exact) mass is 225 g/mol. The third kappa shape index (κ3) is 1.82. The number of benzene rings is 1. The molecule has 0 aliphatic rings. The molecule has 0 unspecified atom stereocenters. The number of alkyl halides is 2. The van der Waals surface area contributed by atoms with Crippen molar-refractivity contribution in [2.45, 2.75) is 10.7 Å². The minimum absolute atomic E-state index is 0.0920. The molecule has 0 aromatic heterocycles. The van der Waals surface area contributed by atoms with Crippen molar-refractivity contribution in [2.24, 2.45) is 0 Å². The summed E-state index contributed by atoms with van der Waals surface area (Å²) in [5.74, 6) is -4.89. The van der Waals surface area contributed by atoms with E-state index in [2.05, 4.69) is 0 Å². The van der Waals surface area contributed by atoms with Crippen LogP contribution in [-0.2, 0) is 9.84 Å². The summed E-state index contributed by atoms with van der Waals surface area (Å²) in [6.07, 6.45) is 0. The highest BCUT2D eigenvalue weighted by atomic mass is 32.2. The summed E-state index contributed by atoms with van der Waals surface area (Å²) in [4.78, 5) is -1.08. The van der Waals surface area contributed by atoms with Crippen molar-refractivity contribution in [3.63, 3.8) is 0 Å². The van der Waals surface area contributed by atoms with Crippen LogP contribution in [0.25, 0.3) is 0 Å². The molecule has 0 radical (unpaired) electrons. The minimum atomic E-state index is -4.92. The van der Waals surface area contributed by atoms with Crippen molar-refractivity contribution in [1.82, 2.24) is 0 Å². The Morgan fingerprint density at radius 3 is 2.36 bits per heavy atom. The molecule has 1 aromatic rings. The molecule has 0 saturated carbocycles. The van der Waals surface area contributed by atoms with Crippen molar-refractivity contribution in [2.75, 3.05) is 5.73 Å². The van der Waals surface area contributed by atoms with Crippen LogP contribution in [0.1, 0.15) is 0 Å².